The Balaban J connectivity index is 1.18. The summed E-state index contributed by atoms with van der Waals surface area (Å²) >= 11 is 1.79. The fraction of sp³-hybridized carbons (Fsp3) is 0. The van der Waals surface area contributed by atoms with Gasteiger partial charge >= 0.3 is 0 Å². The fourth-order valence-electron chi connectivity index (χ4n) is 6.81. The third kappa shape index (κ3) is 4.33. The Morgan fingerprint density at radius 2 is 1.04 bits per heavy atom. The summed E-state index contributed by atoms with van der Waals surface area (Å²) in [6.45, 7) is 0. The molecule has 0 aliphatic rings. The van der Waals surface area contributed by atoms with Crippen LogP contribution in [-0.2, 0) is 0 Å². The molecule has 4 nitrogen and oxygen atoms in total. The molecule has 224 valence electrons. The quantitative estimate of drug-likeness (QED) is 0.194. The first kappa shape index (κ1) is 27.0. The number of aromatic nitrogens is 3. The van der Waals surface area contributed by atoms with Crippen molar-refractivity contribution in [3.63, 3.8) is 0 Å². The van der Waals surface area contributed by atoms with Crippen molar-refractivity contribution >= 4 is 64.2 Å². The molecule has 7 aromatic carbocycles. The van der Waals surface area contributed by atoms with E-state index in [9.17, 15) is 0 Å². The topological polar surface area (TPSA) is 51.8 Å². The number of thiophene rings is 1. The summed E-state index contributed by atoms with van der Waals surface area (Å²) < 4.78 is 8.89. The van der Waals surface area contributed by atoms with E-state index in [1.54, 1.807) is 11.3 Å². The van der Waals surface area contributed by atoms with E-state index in [2.05, 4.69) is 121 Å². The number of nitrogens with zero attached hydrogens (tertiary/aromatic N) is 3. The molecule has 5 heteroatoms. The minimum absolute atomic E-state index is 0.579. The van der Waals surface area contributed by atoms with Crippen molar-refractivity contribution in [3.8, 4) is 45.3 Å². The first-order valence-corrected chi connectivity index (χ1v) is 16.8. The van der Waals surface area contributed by atoms with Gasteiger partial charge in [0.05, 0.1) is 5.56 Å². The van der Waals surface area contributed by atoms with Gasteiger partial charge in [-0.05, 0) is 52.2 Å². The molecule has 0 spiro atoms. The summed E-state index contributed by atoms with van der Waals surface area (Å²) in [6.07, 6.45) is 0. The molecule has 10 rings (SSSR count). The smallest absolute Gasteiger partial charge is 0.167 e. The van der Waals surface area contributed by atoms with Gasteiger partial charge in [-0.2, -0.15) is 0 Å². The van der Waals surface area contributed by atoms with Crippen LogP contribution in [0, 0.1) is 0 Å². The molecule has 0 aliphatic carbocycles. The van der Waals surface area contributed by atoms with Gasteiger partial charge in [-0.1, -0.05) is 121 Å². The highest BCUT2D eigenvalue weighted by Gasteiger charge is 2.19. The van der Waals surface area contributed by atoms with Crippen molar-refractivity contribution in [1.82, 2.24) is 15.0 Å². The summed E-state index contributed by atoms with van der Waals surface area (Å²) in [5, 5.41) is 6.93. The molecule has 0 aliphatic heterocycles. The molecule has 0 saturated carbocycles. The molecule has 0 bridgehead atoms. The Kier molecular flexibility index (Phi) is 6.01. The maximum Gasteiger partial charge on any atom is 0.167 e. The number of furan rings is 1. The van der Waals surface area contributed by atoms with Crippen LogP contribution in [0.1, 0.15) is 0 Å². The normalized spacial score (nSPS) is 11.8. The van der Waals surface area contributed by atoms with Crippen LogP contribution in [0.15, 0.2) is 156 Å². The summed E-state index contributed by atoms with van der Waals surface area (Å²) in [5.41, 5.74) is 6.66. The zero-order chi connectivity index (χ0) is 31.6. The van der Waals surface area contributed by atoms with Crippen molar-refractivity contribution < 1.29 is 4.42 Å². The molecular weight excluding hydrogens is 607 g/mol. The molecule has 0 fully saturated rings. The third-order valence-corrected chi connectivity index (χ3v) is 10.3. The van der Waals surface area contributed by atoms with Gasteiger partial charge in [0.25, 0.3) is 0 Å². The molecule has 0 saturated heterocycles. The van der Waals surface area contributed by atoms with Crippen LogP contribution in [0.4, 0.5) is 0 Å². The second-order valence-electron chi connectivity index (χ2n) is 12.0. The van der Waals surface area contributed by atoms with Gasteiger partial charge in [0, 0.05) is 42.1 Å². The molecule has 0 unspecified atom stereocenters. The molecule has 0 atom stereocenters. The Morgan fingerprint density at radius 3 is 1.94 bits per heavy atom. The fourth-order valence-corrected chi connectivity index (χ4v) is 7.94. The molecular formula is C43H25N3OS. The lowest BCUT2D eigenvalue weighted by Gasteiger charge is -2.10. The van der Waals surface area contributed by atoms with E-state index in [1.165, 1.54) is 31.1 Å². The van der Waals surface area contributed by atoms with Crippen LogP contribution in [0.25, 0.3) is 98.2 Å². The van der Waals surface area contributed by atoms with Crippen LogP contribution in [-0.4, -0.2) is 15.0 Å². The molecule has 10 aromatic rings. The van der Waals surface area contributed by atoms with Crippen molar-refractivity contribution in [1.29, 1.82) is 0 Å². The van der Waals surface area contributed by atoms with E-state index < -0.39 is 0 Å². The summed E-state index contributed by atoms with van der Waals surface area (Å²) in [7, 11) is 0. The maximum atomic E-state index is 6.44. The standard InChI is InChI=1S/C43H25N3OS/c1-2-10-29-25-30(24-21-26(29)9-1)27-19-22-28(23-20-27)41-44-42(34-14-8-18-38-39(34)33-12-4-6-17-37(33)48-38)46-43(45-41)35-15-7-13-32-31-11-3-5-16-36(31)47-40(32)35/h1-25H. The van der Waals surface area contributed by atoms with Gasteiger partial charge in [-0.15, -0.1) is 11.3 Å². The van der Waals surface area contributed by atoms with Gasteiger partial charge < -0.3 is 4.42 Å². The Hall–Kier alpha value is -6.17. The lowest BCUT2D eigenvalue weighted by Crippen LogP contribution is -2.00. The second kappa shape index (κ2) is 10.7. The van der Waals surface area contributed by atoms with Gasteiger partial charge in [0.1, 0.15) is 11.2 Å². The van der Waals surface area contributed by atoms with Crippen molar-refractivity contribution in [2.75, 3.05) is 0 Å². The van der Waals surface area contributed by atoms with Crippen LogP contribution >= 0.6 is 11.3 Å². The highest BCUT2D eigenvalue weighted by atomic mass is 32.1. The average molecular weight is 632 g/mol. The SMILES string of the molecule is c1ccc2cc(-c3ccc(-c4nc(-c5cccc6c5oc5ccccc56)nc(-c5cccc6sc7ccccc7c56)n4)cc3)ccc2c1. The number of hydrogen-bond donors (Lipinski definition) is 0. The van der Waals surface area contributed by atoms with Gasteiger partial charge in [0.2, 0.25) is 0 Å². The lowest BCUT2D eigenvalue weighted by atomic mass is 10.00. The summed E-state index contributed by atoms with van der Waals surface area (Å²) in [5.74, 6) is 1.83. The van der Waals surface area contributed by atoms with Gasteiger partial charge in [-0.3, -0.25) is 0 Å². The molecule has 3 heterocycles. The monoisotopic (exact) mass is 631 g/mol. The largest absolute Gasteiger partial charge is 0.455 e. The predicted molar refractivity (Wildman–Crippen MR) is 199 cm³/mol. The zero-order valence-electron chi connectivity index (χ0n) is 25.6. The van der Waals surface area contributed by atoms with Crippen LogP contribution in [0.5, 0.6) is 0 Å². The second-order valence-corrected chi connectivity index (χ2v) is 13.1. The zero-order valence-corrected chi connectivity index (χ0v) is 26.4. The lowest BCUT2D eigenvalue weighted by molar-refractivity contribution is 0.669. The van der Waals surface area contributed by atoms with E-state index in [0.29, 0.717) is 17.5 Å². The number of fused-ring (bicyclic) bond motifs is 7. The summed E-state index contributed by atoms with van der Waals surface area (Å²) in [4.78, 5) is 15.4. The number of para-hydroxylation sites is 2. The molecule has 0 radical (unpaired) electrons. The van der Waals surface area contributed by atoms with Crippen molar-refractivity contribution in [2.45, 2.75) is 0 Å². The first-order valence-electron chi connectivity index (χ1n) is 15.9. The van der Waals surface area contributed by atoms with Crippen LogP contribution in [0.2, 0.25) is 0 Å². The van der Waals surface area contributed by atoms with Gasteiger partial charge in [0.15, 0.2) is 17.5 Å². The molecule has 3 aromatic heterocycles. The van der Waals surface area contributed by atoms with Crippen molar-refractivity contribution in [3.05, 3.63) is 152 Å². The maximum absolute atomic E-state index is 6.44. The minimum Gasteiger partial charge on any atom is -0.455 e. The highest BCUT2D eigenvalue weighted by Crippen LogP contribution is 2.41. The van der Waals surface area contributed by atoms with E-state index in [4.69, 9.17) is 19.4 Å². The van der Waals surface area contributed by atoms with Crippen molar-refractivity contribution in [2.24, 2.45) is 0 Å². The Bertz CT molecular complexity index is 2850. The predicted octanol–water partition coefficient (Wildman–Crippen LogP) is 12.0. The molecule has 0 N–H and O–H groups in total. The molecule has 0 amide bonds. The molecule has 48 heavy (non-hydrogen) atoms. The van der Waals surface area contributed by atoms with E-state index >= 15 is 0 Å². The number of hydrogen-bond acceptors (Lipinski definition) is 5. The average Bonchev–Trinajstić information content (AvgIpc) is 3.73. The van der Waals surface area contributed by atoms with Crippen LogP contribution in [0.3, 0.4) is 0 Å². The van der Waals surface area contributed by atoms with Crippen LogP contribution < -0.4 is 0 Å². The number of benzene rings is 7. The Labute approximate surface area is 279 Å². The Morgan fingerprint density at radius 1 is 0.417 bits per heavy atom. The minimum atomic E-state index is 0.579. The van der Waals surface area contributed by atoms with E-state index in [-0.39, 0.29) is 0 Å². The van der Waals surface area contributed by atoms with Gasteiger partial charge in [-0.25, -0.2) is 15.0 Å². The summed E-state index contributed by atoms with van der Waals surface area (Å²) in [6, 6.07) is 52.8. The van der Waals surface area contributed by atoms with E-state index in [0.717, 1.165) is 49.6 Å². The first-order chi connectivity index (χ1) is 23.8. The number of rotatable bonds is 4. The third-order valence-electron chi connectivity index (χ3n) is 9.15. The van der Waals surface area contributed by atoms with E-state index in [1.807, 2.05) is 30.3 Å². The highest BCUT2D eigenvalue weighted by molar-refractivity contribution is 7.25.